The Hall–Kier alpha value is -3.20. The summed E-state index contributed by atoms with van der Waals surface area (Å²) >= 11 is 1.55. The predicted octanol–water partition coefficient (Wildman–Crippen LogP) is 4.84. The molecule has 0 amide bonds. The smallest absolute Gasteiger partial charge is 0.231 e. The molecule has 1 fully saturated rings. The molecule has 4 aromatic rings. The number of piperidine rings is 1. The van der Waals surface area contributed by atoms with Crippen LogP contribution in [-0.2, 0) is 6.42 Å². The van der Waals surface area contributed by atoms with E-state index >= 15 is 0 Å². The second-order valence-corrected chi connectivity index (χ2v) is 8.57. The van der Waals surface area contributed by atoms with Crippen molar-refractivity contribution in [2.45, 2.75) is 25.2 Å². The summed E-state index contributed by atoms with van der Waals surface area (Å²) in [6, 6.07) is 12.5. The van der Waals surface area contributed by atoms with Gasteiger partial charge in [-0.1, -0.05) is 28.6 Å². The van der Waals surface area contributed by atoms with E-state index in [0.29, 0.717) is 18.1 Å². The highest BCUT2D eigenvalue weighted by Crippen LogP contribution is 2.32. The summed E-state index contributed by atoms with van der Waals surface area (Å²) in [5, 5.41) is 14.5. The normalized spacial score (nSPS) is 16.6. The van der Waals surface area contributed by atoms with E-state index in [2.05, 4.69) is 25.2 Å². The van der Waals surface area contributed by atoms with Crippen LogP contribution in [0.25, 0.3) is 11.4 Å². The van der Waals surface area contributed by atoms with Crippen LogP contribution in [0.4, 0.5) is 13.9 Å². The third-order valence-corrected chi connectivity index (χ3v) is 6.29. The average Bonchev–Trinajstić information content (AvgIpc) is 3.46. The lowest BCUT2D eigenvalue weighted by Crippen LogP contribution is -2.34. The van der Waals surface area contributed by atoms with Gasteiger partial charge in [0.05, 0.1) is 5.92 Å². The van der Waals surface area contributed by atoms with Gasteiger partial charge in [-0.25, -0.2) is 8.78 Å². The summed E-state index contributed by atoms with van der Waals surface area (Å²) in [6.07, 6.45) is 2.55. The Kier molecular flexibility index (Phi) is 5.42. The largest absolute Gasteiger partial charge is 0.346 e. The summed E-state index contributed by atoms with van der Waals surface area (Å²) in [7, 11) is 0. The van der Waals surface area contributed by atoms with E-state index in [0.717, 1.165) is 47.2 Å². The molecule has 0 radical (unpaired) electrons. The second-order valence-electron chi connectivity index (χ2n) is 7.53. The molecule has 5 rings (SSSR count). The van der Waals surface area contributed by atoms with Crippen molar-refractivity contribution in [1.82, 2.24) is 20.3 Å². The number of aromatic nitrogens is 4. The molecule has 0 spiro atoms. The fourth-order valence-electron chi connectivity index (χ4n) is 3.69. The zero-order valence-electron chi connectivity index (χ0n) is 16.5. The minimum atomic E-state index is -0.300. The van der Waals surface area contributed by atoms with E-state index in [4.69, 9.17) is 4.52 Å². The molecule has 3 heterocycles. The molecule has 1 unspecified atom stereocenters. The summed E-state index contributed by atoms with van der Waals surface area (Å²) in [5.74, 6) is 0.598. The third-order valence-electron chi connectivity index (χ3n) is 5.31. The Morgan fingerprint density at radius 1 is 1.00 bits per heavy atom. The number of benzene rings is 2. The molecular formula is C22H19F2N5OS. The molecule has 0 bridgehead atoms. The van der Waals surface area contributed by atoms with Crippen LogP contribution in [0, 0.1) is 11.6 Å². The van der Waals surface area contributed by atoms with Gasteiger partial charge in [-0.05, 0) is 54.8 Å². The Balaban J connectivity index is 1.27. The van der Waals surface area contributed by atoms with E-state index < -0.39 is 0 Å². The van der Waals surface area contributed by atoms with Crippen molar-refractivity contribution in [3.8, 4) is 11.4 Å². The van der Waals surface area contributed by atoms with E-state index in [1.54, 1.807) is 35.6 Å². The monoisotopic (exact) mass is 439 g/mol. The zero-order chi connectivity index (χ0) is 21.2. The van der Waals surface area contributed by atoms with Gasteiger partial charge >= 0.3 is 0 Å². The summed E-state index contributed by atoms with van der Waals surface area (Å²) in [4.78, 5) is 6.74. The molecule has 158 valence electrons. The van der Waals surface area contributed by atoms with Crippen molar-refractivity contribution < 1.29 is 13.3 Å². The molecule has 9 heteroatoms. The van der Waals surface area contributed by atoms with Crippen molar-refractivity contribution in [3.05, 3.63) is 76.6 Å². The fourth-order valence-corrected chi connectivity index (χ4v) is 4.60. The first-order valence-corrected chi connectivity index (χ1v) is 10.9. The van der Waals surface area contributed by atoms with Crippen LogP contribution in [-0.4, -0.2) is 33.4 Å². The van der Waals surface area contributed by atoms with Crippen molar-refractivity contribution in [2.24, 2.45) is 0 Å². The van der Waals surface area contributed by atoms with Gasteiger partial charge in [0, 0.05) is 25.1 Å². The highest BCUT2D eigenvalue weighted by molar-refractivity contribution is 7.15. The van der Waals surface area contributed by atoms with Gasteiger partial charge in [0.2, 0.25) is 16.8 Å². The molecule has 1 saturated heterocycles. The molecular weight excluding hydrogens is 420 g/mol. The lowest BCUT2D eigenvalue weighted by Gasteiger charge is -2.30. The number of nitrogens with zero attached hydrogens (tertiary/aromatic N) is 5. The molecule has 2 aromatic carbocycles. The van der Waals surface area contributed by atoms with Crippen LogP contribution in [0.2, 0.25) is 0 Å². The summed E-state index contributed by atoms with van der Waals surface area (Å²) in [6.45, 7) is 1.61. The molecule has 0 N–H and O–H groups in total. The lowest BCUT2D eigenvalue weighted by molar-refractivity contribution is 0.333. The van der Waals surface area contributed by atoms with Crippen LogP contribution in [0.3, 0.4) is 0 Å². The average molecular weight is 439 g/mol. The van der Waals surface area contributed by atoms with Gasteiger partial charge in [0.25, 0.3) is 0 Å². The first-order valence-electron chi connectivity index (χ1n) is 10.1. The molecule has 2 aromatic heterocycles. The maximum absolute atomic E-state index is 13.1. The number of halogens is 2. The SMILES string of the molecule is Fc1ccc(Cc2nnc(N3CCCC(c4nc(-c5ccc(F)cc5)no4)C3)s2)cc1. The molecule has 1 aliphatic rings. The van der Waals surface area contributed by atoms with Gasteiger partial charge in [-0.3, -0.25) is 0 Å². The van der Waals surface area contributed by atoms with Crippen molar-refractivity contribution in [1.29, 1.82) is 0 Å². The van der Waals surface area contributed by atoms with Crippen molar-refractivity contribution in [2.75, 3.05) is 18.0 Å². The fraction of sp³-hybridized carbons (Fsp3) is 0.273. The summed E-state index contributed by atoms with van der Waals surface area (Å²) < 4.78 is 31.8. The number of rotatable bonds is 5. The quantitative estimate of drug-likeness (QED) is 0.443. The number of hydrogen-bond acceptors (Lipinski definition) is 7. The van der Waals surface area contributed by atoms with Crippen molar-refractivity contribution >= 4 is 16.5 Å². The molecule has 0 saturated carbocycles. The van der Waals surface area contributed by atoms with Crippen LogP contribution < -0.4 is 4.90 Å². The Bertz CT molecular complexity index is 1160. The molecule has 6 nitrogen and oxygen atoms in total. The first-order chi connectivity index (χ1) is 15.1. The van der Waals surface area contributed by atoms with Gasteiger partial charge in [-0.2, -0.15) is 4.98 Å². The van der Waals surface area contributed by atoms with Gasteiger partial charge in [-0.15, -0.1) is 10.2 Å². The van der Waals surface area contributed by atoms with Crippen LogP contribution in [0.15, 0.2) is 53.1 Å². The molecule has 1 atom stereocenters. The topological polar surface area (TPSA) is 67.9 Å². The third kappa shape index (κ3) is 4.46. The van der Waals surface area contributed by atoms with E-state index in [1.165, 1.54) is 24.3 Å². The zero-order valence-corrected chi connectivity index (χ0v) is 17.4. The van der Waals surface area contributed by atoms with Crippen LogP contribution in [0.1, 0.15) is 35.2 Å². The number of hydrogen-bond donors (Lipinski definition) is 0. The maximum atomic E-state index is 13.1. The highest BCUT2D eigenvalue weighted by Gasteiger charge is 2.28. The maximum Gasteiger partial charge on any atom is 0.231 e. The van der Waals surface area contributed by atoms with Gasteiger partial charge in [0.1, 0.15) is 16.6 Å². The standard InChI is InChI=1S/C22H19F2N5OS/c23-17-7-3-14(4-8-17)12-19-26-27-22(31-19)29-11-1-2-16(13-29)21-25-20(28-30-21)15-5-9-18(24)10-6-15/h3-10,16H,1-2,11-13H2. The minimum absolute atomic E-state index is 0.0971. The van der Waals surface area contributed by atoms with E-state index in [9.17, 15) is 8.78 Å². The lowest BCUT2D eigenvalue weighted by atomic mass is 9.98. The van der Waals surface area contributed by atoms with Gasteiger partial charge < -0.3 is 9.42 Å². The Labute approximate surface area is 181 Å². The Morgan fingerprint density at radius 3 is 2.52 bits per heavy atom. The molecule has 31 heavy (non-hydrogen) atoms. The van der Waals surface area contributed by atoms with Crippen molar-refractivity contribution in [3.63, 3.8) is 0 Å². The first kappa shape index (κ1) is 19.7. The highest BCUT2D eigenvalue weighted by atomic mass is 32.1. The summed E-state index contributed by atoms with van der Waals surface area (Å²) in [5.41, 5.74) is 1.72. The molecule has 0 aliphatic carbocycles. The van der Waals surface area contributed by atoms with E-state index in [-0.39, 0.29) is 17.6 Å². The van der Waals surface area contributed by atoms with Crippen LogP contribution in [0.5, 0.6) is 0 Å². The van der Waals surface area contributed by atoms with E-state index in [1.807, 2.05) is 0 Å². The predicted molar refractivity (Wildman–Crippen MR) is 113 cm³/mol. The number of anilines is 1. The minimum Gasteiger partial charge on any atom is -0.346 e. The molecule has 1 aliphatic heterocycles. The second kappa shape index (κ2) is 8.50. The van der Waals surface area contributed by atoms with Gasteiger partial charge in [0.15, 0.2) is 0 Å². The Morgan fingerprint density at radius 2 is 1.74 bits per heavy atom. The van der Waals surface area contributed by atoms with Crippen LogP contribution >= 0.6 is 11.3 Å².